The van der Waals surface area contributed by atoms with Gasteiger partial charge in [0.1, 0.15) is 11.1 Å². The third-order valence-corrected chi connectivity index (χ3v) is 4.58. The van der Waals surface area contributed by atoms with Crippen LogP contribution >= 0.6 is 23.1 Å². The summed E-state index contributed by atoms with van der Waals surface area (Å²) in [6, 6.07) is 5.62. The molecule has 0 aliphatic rings. The Morgan fingerprint density at radius 1 is 1.43 bits per heavy atom. The van der Waals surface area contributed by atoms with Crippen LogP contribution in [0.2, 0.25) is 0 Å². The number of H-pyrrole nitrogens is 1. The number of hydrogen-bond acceptors (Lipinski definition) is 5. The first-order valence-electron chi connectivity index (χ1n) is 6.32. The zero-order valence-electron chi connectivity index (χ0n) is 11.4. The van der Waals surface area contributed by atoms with E-state index in [1.165, 1.54) is 11.3 Å². The number of hydrogen-bond donors (Lipinski definition) is 2. The molecule has 0 spiro atoms. The van der Waals surface area contributed by atoms with E-state index in [2.05, 4.69) is 15.3 Å². The summed E-state index contributed by atoms with van der Waals surface area (Å²) in [7, 11) is 0. The minimum atomic E-state index is -0.972. The summed E-state index contributed by atoms with van der Waals surface area (Å²) in [5.41, 5.74) is 1.05. The van der Waals surface area contributed by atoms with Crippen LogP contribution in [-0.4, -0.2) is 21.6 Å². The van der Waals surface area contributed by atoms with Gasteiger partial charge >= 0.3 is 0 Å². The van der Waals surface area contributed by atoms with Gasteiger partial charge < -0.3 is 10.3 Å². The zero-order chi connectivity index (χ0) is 16.4. The summed E-state index contributed by atoms with van der Waals surface area (Å²) in [6.07, 6.45) is 0. The topological polar surface area (TPSA) is 81.6 Å². The van der Waals surface area contributed by atoms with Gasteiger partial charge in [0, 0.05) is 12.1 Å². The van der Waals surface area contributed by atoms with Crippen molar-refractivity contribution in [2.45, 2.75) is 5.16 Å². The summed E-state index contributed by atoms with van der Waals surface area (Å²) in [5.74, 6) is -2.18. The lowest BCUT2D eigenvalue weighted by Crippen LogP contribution is -2.13. The summed E-state index contributed by atoms with van der Waals surface area (Å²) in [5, 5.41) is 14.1. The predicted octanol–water partition coefficient (Wildman–Crippen LogP) is 3.51. The van der Waals surface area contributed by atoms with Crippen molar-refractivity contribution in [1.82, 2.24) is 9.97 Å². The fraction of sp³-hybridized carbons (Fsp3) is 0.0714. The van der Waals surface area contributed by atoms with E-state index >= 15 is 0 Å². The van der Waals surface area contributed by atoms with E-state index in [1.54, 1.807) is 11.4 Å². The molecule has 2 N–H and O–H groups in total. The van der Waals surface area contributed by atoms with Crippen molar-refractivity contribution in [3.05, 3.63) is 40.8 Å². The molecule has 2 heterocycles. The molecule has 1 aromatic carbocycles. The Hall–Kier alpha value is -2.44. The highest BCUT2D eigenvalue weighted by atomic mass is 32.2. The molecule has 0 atom stereocenters. The summed E-state index contributed by atoms with van der Waals surface area (Å²) >= 11 is 2.36. The predicted molar refractivity (Wildman–Crippen MR) is 84.4 cm³/mol. The number of amides is 1. The fourth-order valence-electron chi connectivity index (χ4n) is 1.84. The molecule has 0 bridgehead atoms. The highest BCUT2D eigenvalue weighted by Crippen LogP contribution is 2.24. The molecule has 0 saturated heterocycles. The summed E-state index contributed by atoms with van der Waals surface area (Å²) in [4.78, 5) is 18.8. The molecule has 0 unspecified atom stereocenters. The van der Waals surface area contributed by atoms with Gasteiger partial charge in [-0.15, -0.1) is 11.3 Å². The third-order valence-electron chi connectivity index (χ3n) is 2.88. The van der Waals surface area contributed by atoms with Crippen molar-refractivity contribution >= 4 is 45.0 Å². The van der Waals surface area contributed by atoms with Gasteiger partial charge in [-0.25, -0.2) is 13.8 Å². The van der Waals surface area contributed by atoms with Gasteiger partial charge in [-0.05, 0) is 11.4 Å². The first kappa shape index (κ1) is 15.5. The highest BCUT2D eigenvalue weighted by Gasteiger charge is 2.12. The zero-order valence-corrected chi connectivity index (χ0v) is 13.0. The normalized spacial score (nSPS) is 10.7. The molecule has 23 heavy (non-hydrogen) atoms. The monoisotopic (exact) mass is 350 g/mol. The number of aromatic nitrogens is 2. The van der Waals surface area contributed by atoms with E-state index in [-0.39, 0.29) is 17.2 Å². The van der Waals surface area contributed by atoms with Crippen molar-refractivity contribution in [2.24, 2.45) is 0 Å². The number of carbonyl (C=O) groups is 1. The van der Waals surface area contributed by atoms with Crippen LogP contribution in [0.15, 0.2) is 28.7 Å². The van der Waals surface area contributed by atoms with Gasteiger partial charge in [-0.2, -0.15) is 5.26 Å². The number of aromatic amines is 1. The molecule has 0 radical (unpaired) electrons. The summed E-state index contributed by atoms with van der Waals surface area (Å²) in [6.45, 7) is 0. The molecule has 0 aliphatic carbocycles. The van der Waals surface area contributed by atoms with Gasteiger partial charge in [0.2, 0.25) is 5.91 Å². The minimum absolute atomic E-state index is 0.0492. The first-order chi connectivity index (χ1) is 11.1. The minimum Gasteiger partial charge on any atom is -0.333 e. The first-order valence-corrected chi connectivity index (χ1v) is 8.18. The Kier molecular flexibility index (Phi) is 4.27. The number of nitrogens with zero attached hydrogens (tertiary/aromatic N) is 2. The molecule has 1 amide bonds. The molecule has 0 saturated carbocycles. The number of imidazole rings is 1. The Labute approximate surface area is 137 Å². The SMILES string of the molecule is N#Cc1ccsc1NC(=O)CSc1nc2cc(F)c(F)cc2[nH]1. The maximum Gasteiger partial charge on any atom is 0.235 e. The van der Waals surface area contributed by atoms with E-state index in [9.17, 15) is 13.6 Å². The van der Waals surface area contributed by atoms with Crippen LogP contribution in [0.3, 0.4) is 0 Å². The van der Waals surface area contributed by atoms with Crippen molar-refractivity contribution in [2.75, 3.05) is 11.1 Å². The lowest BCUT2D eigenvalue weighted by Gasteiger charge is -2.01. The molecule has 9 heteroatoms. The van der Waals surface area contributed by atoms with Crippen LogP contribution in [0.4, 0.5) is 13.8 Å². The third kappa shape index (κ3) is 3.33. The lowest BCUT2D eigenvalue weighted by atomic mass is 10.3. The number of nitrogens with one attached hydrogen (secondary N) is 2. The van der Waals surface area contributed by atoms with E-state index in [4.69, 9.17) is 5.26 Å². The Bertz CT molecular complexity index is 890. The maximum atomic E-state index is 13.1. The average Bonchev–Trinajstić information content (AvgIpc) is 3.12. The van der Waals surface area contributed by atoms with Crippen LogP contribution < -0.4 is 5.32 Å². The van der Waals surface area contributed by atoms with Crippen LogP contribution in [0.5, 0.6) is 0 Å². The number of halogens is 2. The Balaban J connectivity index is 1.66. The number of rotatable bonds is 4. The number of thioether (sulfide) groups is 1. The van der Waals surface area contributed by atoms with Crippen molar-refractivity contribution in [1.29, 1.82) is 5.26 Å². The average molecular weight is 350 g/mol. The van der Waals surface area contributed by atoms with E-state index in [1.807, 2.05) is 6.07 Å². The Morgan fingerprint density at radius 2 is 2.22 bits per heavy atom. The number of fused-ring (bicyclic) bond motifs is 1. The molecule has 2 aromatic heterocycles. The second-order valence-electron chi connectivity index (χ2n) is 4.44. The molecule has 0 aliphatic heterocycles. The smallest absolute Gasteiger partial charge is 0.235 e. The molecular formula is C14H8F2N4OS2. The van der Waals surface area contributed by atoms with E-state index in [0.29, 0.717) is 21.2 Å². The molecule has 116 valence electrons. The second kappa shape index (κ2) is 6.36. The van der Waals surface area contributed by atoms with Crippen molar-refractivity contribution in [3.8, 4) is 6.07 Å². The van der Waals surface area contributed by atoms with Gasteiger partial charge in [-0.1, -0.05) is 11.8 Å². The lowest BCUT2D eigenvalue weighted by molar-refractivity contribution is -0.113. The molecule has 3 aromatic rings. The van der Waals surface area contributed by atoms with E-state index in [0.717, 1.165) is 23.9 Å². The van der Waals surface area contributed by atoms with Gasteiger partial charge in [0.05, 0.1) is 22.3 Å². The maximum absolute atomic E-state index is 13.1. The van der Waals surface area contributed by atoms with Gasteiger partial charge in [0.25, 0.3) is 0 Å². The number of benzene rings is 1. The Morgan fingerprint density at radius 3 is 3.00 bits per heavy atom. The molecule has 0 fully saturated rings. The van der Waals surface area contributed by atoms with Crippen LogP contribution in [0.25, 0.3) is 11.0 Å². The number of thiophene rings is 1. The number of anilines is 1. The van der Waals surface area contributed by atoms with Gasteiger partial charge in [-0.3, -0.25) is 4.79 Å². The van der Waals surface area contributed by atoms with Gasteiger partial charge in [0.15, 0.2) is 16.8 Å². The quantitative estimate of drug-likeness (QED) is 0.706. The van der Waals surface area contributed by atoms with Crippen LogP contribution in [-0.2, 0) is 4.79 Å². The van der Waals surface area contributed by atoms with Crippen molar-refractivity contribution in [3.63, 3.8) is 0 Å². The standard InChI is InChI=1S/C14H8F2N4OS2/c15-8-3-10-11(4-9(8)16)19-14(18-10)23-6-12(21)20-13-7(5-17)1-2-22-13/h1-4H,6H2,(H,18,19)(H,20,21). The van der Waals surface area contributed by atoms with Crippen molar-refractivity contribution < 1.29 is 13.6 Å². The molecule has 3 rings (SSSR count). The van der Waals surface area contributed by atoms with E-state index < -0.39 is 11.6 Å². The molecular weight excluding hydrogens is 342 g/mol. The second-order valence-corrected chi connectivity index (χ2v) is 6.32. The number of nitriles is 1. The fourth-order valence-corrected chi connectivity index (χ4v) is 3.28. The highest BCUT2D eigenvalue weighted by molar-refractivity contribution is 7.99. The largest absolute Gasteiger partial charge is 0.333 e. The number of carbonyl (C=O) groups excluding carboxylic acids is 1. The van der Waals surface area contributed by atoms with Crippen LogP contribution in [0.1, 0.15) is 5.56 Å². The summed E-state index contributed by atoms with van der Waals surface area (Å²) < 4.78 is 26.3. The van der Waals surface area contributed by atoms with Crippen LogP contribution in [0, 0.1) is 23.0 Å². The molecule has 5 nitrogen and oxygen atoms in total.